The van der Waals surface area contributed by atoms with E-state index < -0.39 is 0 Å². The van der Waals surface area contributed by atoms with Crippen LogP contribution < -0.4 is 4.74 Å². The largest absolute Gasteiger partial charge is 0.496 e. The average molecular weight is 256 g/mol. The lowest BCUT2D eigenvalue weighted by molar-refractivity contribution is 0.104. The fourth-order valence-corrected chi connectivity index (χ4v) is 1.78. The molecule has 0 unspecified atom stereocenters. The highest BCUT2D eigenvalue weighted by atomic mass is 16.5. The zero-order valence-electron chi connectivity index (χ0n) is 11.3. The fourth-order valence-electron chi connectivity index (χ4n) is 1.78. The zero-order valence-corrected chi connectivity index (χ0v) is 11.3. The standard InChI is InChI=1S/C15H16N2O2/c1-11-12(10-16-17(11)2)8-9-14(18)13-6-4-5-7-15(13)19-3/h4-10H,1-3H3/b9-8+. The zero-order chi connectivity index (χ0) is 13.8. The predicted molar refractivity (Wildman–Crippen MR) is 74.3 cm³/mol. The second kappa shape index (κ2) is 5.52. The van der Waals surface area contributed by atoms with Gasteiger partial charge in [0, 0.05) is 18.3 Å². The number of rotatable bonds is 4. The van der Waals surface area contributed by atoms with Crippen LogP contribution in [0.3, 0.4) is 0 Å². The number of nitrogens with zero attached hydrogens (tertiary/aromatic N) is 2. The third-order valence-electron chi connectivity index (χ3n) is 3.06. The summed E-state index contributed by atoms with van der Waals surface area (Å²) in [5.74, 6) is 0.501. The second-order valence-electron chi connectivity index (χ2n) is 4.21. The van der Waals surface area contributed by atoms with Gasteiger partial charge in [-0.25, -0.2) is 0 Å². The summed E-state index contributed by atoms with van der Waals surface area (Å²) in [6.07, 6.45) is 5.06. The van der Waals surface area contributed by atoms with E-state index in [1.807, 2.05) is 26.1 Å². The number of methoxy groups -OCH3 is 1. The van der Waals surface area contributed by atoms with Crippen molar-refractivity contribution in [3.8, 4) is 5.75 Å². The molecule has 2 rings (SSSR count). The van der Waals surface area contributed by atoms with E-state index >= 15 is 0 Å². The van der Waals surface area contributed by atoms with Gasteiger partial charge in [-0.15, -0.1) is 0 Å². The Morgan fingerprint density at radius 3 is 2.74 bits per heavy atom. The number of ether oxygens (including phenoxy) is 1. The van der Waals surface area contributed by atoms with Crippen molar-refractivity contribution >= 4 is 11.9 Å². The van der Waals surface area contributed by atoms with Crippen LogP contribution in [0, 0.1) is 6.92 Å². The molecule has 0 bridgehead atoms. The molecule has 0 N–H and O–H groups in total. The molecular weight excluding hydrogens is 240 g/mol. The Hall–Kier alpha value is -2.36. The van der Waals surface area contributed by atoms with Gasteiger partial charge in [0.1, 0.15) is 5.75 Å². The van der Waals surface area contributed by atoms with Crippen LogP contribution in [0.2, 0.25) is 0 Å². The maximum atomic E-state index is 12.1. The van der Waals surface area contributed by atoms with E-state index in [1.165, 1.54) is 0 Å². The van der Waals surface area contributed by atoms with Gasteiger partial charge in [-0.05, 0) is 31.2 Å². The minimum Gasteiger partial charge on any atom is -0.496 e. The van der Waals surface area contributed by atoms with Crippen molar-refractivity contribution in [3.63, 3.8) is 0 Å². The summed E-state index contributed by atoms with van der Waals surface area (Å²) in [4.78, 5) is 12.1. The number of para-hydroxylation sites is 1. The van der Waals surface area contributed by atoms with Crippen LogP contribution in [0.1, 0.15) is 21.6 Å². The number of hydrogen-bond acceptors (Lipinski definition) is 3. The Kier molecular flexibility index (Phi) is 3.80. The molecule has 0 aliphatic carbocycles. The van der Waals surface area contributed by atoms with Crippen LogP contribution in [-0.4, -0.2) is 22.7 Å². The van der Waals surface area contributed by atoms with E-state index in [4.69, 9.17) is 4.74 Å². The smallest absolute Gasteiger partial charge is 0.189 e. The first-order chi connectivity index (χ1) is 9.13. The van der Waals surface area contributed by atoms with Crippen molar-refractivity contribution < 1.29 is 9.53 Å². The third-order valence-corrected chi connectivity index (χ3v) is 3.06. The van der Waals surface area contributed by atoms with Crippen molar-refractivity contribution in [2.75, 3.05) is 7.11 Å². The predicted octanol–water partition coefficient (Wildman–Crippen LogP) is 2.63. The SMILES string of the molecule is COc1ccccc1C(=O)/C=C/c1cnn(C)c1C. The number of ketones is 1. The molecular formula is C15H16N2O2. The van der Waals surface area contributed by atoms with Crippen LogP contribution in [0.5, 0.6) is 5.75 Å². The summed E-state index contributed by atoms with van der Waals surface area (Å²) in [6, 6.07) is 7.18. The van der Waals surface area contributed by atoms with E-state index in [-0.39, 0.29) is 5.78 Å². The Balaban J connectivity index is 2.24. The highest BCUT2D eigenvalue weighted by molar-refractivity contribution is 6.08. The van der Waals surface area contributed by atoms with Crippen molar-refractivity contribution in [3.05, 3.63) is 53.4 Å². The van der Waals surface area contributed by atoms with Crippen LogP contribution in [-0.2, 0) is 7.05 Å². The van der Waals surface area contributed by atoms with Gasteiger partial charge in [0.05, 0.1) is 18.9 Å². The van der Waals surface area contributed by atoms with Crippen LogP contribution in [0.15, 0.2) is 36.5 Å². The molecule has 1 heterocycles. The van der Waals surface area contributed by atoms with Crippen LogP contribution in [0.4, 0.5) is 0 Å². The Morgan fingerprint density at radius 2 is 2.11 bits per heavy atom. The number of aromatic nitrogens is 2. The van der Waals surface area contributed by atoms with E-state index in [0.29, 0.717) is 11.3 Å². The highest BCUT2D eigenvalue weighted by Crippen LogP contribution is 2.19. The van der Waals surface area contributed by atoms with Crippen molar-refractivity contribution in [1.82, 2.24) is 9.78 Å². The highest BCUT2D eigenvalue weighted by Gasteiger charge is 2.08. The Morgan fingerprint density at radius 1 is 1.37 bits per heavy atom. The van der Waals surface area contributed by atoms with E-state index in [2.05, 4.69) is 5.10 Å². The van der Waals surface area contributed by atoms with Crippen molar-refractivity contribution in [1.29, 1.82) is 0 Å². The topological polar surface area (TPSA) is 44.1 Å². The van der Waals surface area contributed by atoms with Crippen LogP contribution in [0.25, 0.3) is 6.08 Å². The quantitative estimate of drug-likeness (QED) is 0.624. The van der Waals surface area contributed by atoms with Crippen molar-refractivity contribution in [2.45, 2.75) is 6.92 Å². The van der Waals surface area contributed by atoms with Gasteiger partial charge in [0.2, 0.25) is 0 Å². The number of allylic oxidation sites excluding steroid dienone is 1. The minimum atomic E-state index is -0.0827. The molecule has 1 aromatic heterocycles. The molecule has 2 aromatic rings. The number of carbonyl (C=O) groups excluding carboxylic acids is 1. The van der Waals surface area contributed by atoms with Crippen LogP contribution >= 0.6 is 0 Å². The molecule has 0 saturated carbocycles. The Labute approximate surface area is 112 Å². The van der Waals surface area contributed by atoms with Gasteiger partial charge >= 0.3 is 0 Å². The average Bonchev–Trinajstić information content (AvgIpc) is 2.76. The normalized spacial score (nSPS) is 10.9. The lowest BCUT2D eigenvalue weighted by Crippen LogP contribution is -1.98. The molecule has 1 aromatic carbocycles. The third kappa shape index (κ3) is 2.73. The Bertz CT molecular complexity index is 627. The van der Waals surface area contributed by atoms with E-state index in [1.54, 1.807) is 42.3 Å². The first-order valence-corrected chi connectivity index (χ1v) is 5.97. The maximum absolute atomic E-state index is 12.1. The minimum absolute atomic E-state index is 0.0827. The van der Waals surface area contributed by atoms with Gasteiger partial charge < -0.3 is 4.74 Å². The van der Waals surface area contributed by atoms with Gasteiger partial charge in [-0.1, -0.05) is 12.1 Å². The number of benzene rings is 1. The summed E-state index contributed by atoms with van der Waals surface area (Å²) in [5.41, 5.74) is 2.51. The molecule has 0 aliphatic rings. The molecule has 0 amide bonds. The molecule has 4 heteroatoms. The summed E-state index contributed by atoms with van der Waals surface area (Å²) >= 11 is 0. The fraction of sp³-hybridized carbons (Fsp3) is 0.200. The summed E-state index contributed by atoms with van der Waals surface area (Å²) in [7, 11) is 3.43. The monoisotopic (exact) mass is 256 g/mol. The summed E-state index contributed by atoms with van der Waals surface area (Å²) < 4.78 is 6.95. The molecule has 0 atom stereocenters. The van der Waals surface area contributed by atoms with Gasteiger partial charge in [0.25, 0.3) is 0 Å². The lowest BCUT2D eigenvalue weighted by Gasteiger charge is -2.04. The lowest BCUT2D eigenvalue weighted by atomic mass is 10.1. The van der Waals surface area contributed by atoms with E-state index in [9.17, 15) is 4.79 Å². The number of aryl methyl sites for hydroxylation is 1. The summed E-state index contributed by atoms with van der Waals surface area (Å²) in [6.45, 7) is 1.96. The molecule has 19 heavy (non-hydrogen) atoms. The summed E-state index contributed by atoms with van der Waals surface area (Å²) in [5, 5.41) is 4.13. The van der Waals surface area contributed by atoms with E-state index in [0.717, 1.165) is 11.3 Å². The van der Waals surface area contributed by atoms with Gasteiger partial charge in [-0.3, -0.25) is 9.48 Å². The molecule has 0 aliphatic heterocycles. The molecule has 0 radical (unpaired) electrons. The first-order valence-electron chi connectivity index (χ1n) is 5.97. The van der Waals surface area contributed by atoms with Gasteiger partial charge in [-0.2, -0.15) is 5.10 Å². The number of hydrogen-bond donors (Lipinski definition) is 0. The first kappa shape index (κ1) is 13.1. The maximum Gasteiger partial charge on any atom is 0.189 e. The van der Waals surface area contributed by atoms with Gasteiger partial charge in [0.15, 0.2) is 5.78 Å². The molecule has 0 fully saturated rings. The molecule has 98 valence electrons. The number of carbonyl (C=O) groups is 1. The second-order valence-corrected chi connectivity index (χ2v) is 4.21. The molecule has 0 saturated heterocycles. The molecule has 4 nitrogen and oxygen atoms in total. The molecule has 0 spiro atoms. The van der Waals surface area contributed by atoms with Crippen molar-refractivity contribution in [2.24, 2.45) is 7.05 Å².